The molecule has 9 heteroatoms. The molecule has 1 atom stereocenters. The molecule has 0 radical (unpaired) electrons. The highest BCUT2D eigenvalue weighted by Gasteiger charge is 2.28. The summed E-state index contributed by atoms with van der Waals surface area (Å²) < 4.78 is 1.75. The van der Waals surface area contributed by atoms with Crippen molar-refractivity contribution in [1.82, 2.24) is 24.7 Å². The lowest BCUT2D eigenvalue weighted by Crippen LogP contribution is -2.48. The molecule has 2 amide bonds. The molecule has 0 bridgehead atoms. The molecule has 2 aliphatic heterocycles. The van der Waals surface area contributed by atoms with E-state index in [0.29, 0.717) is 30.7 Å². The topological polar surface area (TPSA) is 109 Å². The molecule has 0 aromatic carbocycles. The van der Waals surface area contributed by atoms with E-state index in [0.717, 1.165) is 58.4 Å². The lowest BCUT2D eigenvalue weighted by molar-refractivity contribution is 0.199. The largest absolute Gasteiger partial charge is 0.349 e. The van der Waals surface area contributed by atoms with Gasteiger partial charge in [-0.05, 0) is 63.1 Å². The summed E-state index contributed by atoms with van der Waals surface area (Å²) >= 11 is 0. The fraction of sp³-hybridized carbons (Fsp3) is 0.762. The first-order valence-corrected chi connectivity index (χ1v) is 11.4. The molecule has 3 aliphatic rings. The molecule has 1 unspecified atom stereocenters. The molecule has 0 spiro atoms. The van der Waals surface area contributed by atoms with Gasteiger partial charge in [-0.15, -0.1) is 0 Å². The fourth-order valence-corrected chi connectivity index (χ4v) is 5.06. The highest BCUT2D eigenvalue weighted by molar-refractivity contribution is 5.88. The van der Waals surface area contributed by atoms with Crippen LogP contribution in [0, 0.1) is 11.8 Å². The van der Waals surface area contributed by atoms with E-state index in [-0.39, 0.29) is 17.8 Å². The second kappa shape index (κ2) is 9.89. The maximum atomic E-state index is 12.6. The summed E-state index contributed by atoms with van der Waals surface area (Å²) in [5, 5.41) is 5.97. The third kappa shape index (κ3) is 5.19. The van der Waals surface area contributed by atoms with Crippen molar-refractivity contribution in [2.75, 3.05) is 57.7 Å². The van der Waals surface area contributed by atoms with Gasteiger partial charge in [-0.25, -0.2) is 9.59 Å². The van der Waals surface area contributed by atoms with Crippen LogP contribution >= 0.6 is 0 Å². The van der Waals surface area contributed by atoms with Gasteiger partial charge in [0.15, 0.2) is 0 Å². The summed E-state index contributed by atoms with van der Waals surface area (Å²) in [4.78, 5) is 33.3. The van der Waals surface area contributed by atoms with E-state index in [4.69, 9.17) is 5.73 Å². The second-order valence-electron chi connectivity index (χ2n) is 8.99. The molecule has 1 aromatic heterocycles. The molecular formula is C21H35N7O2. The van der Waals surface area contributed by atoms with Crippen LogP contribution in [0.3, 0.4) is 0 Å². The van der Waals surface area contributed by atoms with Crippen LogP contribution < -0.4 is 22.1 Å². The minimum Gasteiger partial charge on any atom is -0.330 e. The first-order chi connectivity index (χ1) is 14.6. The molecule has 2 saturated heterocycles. The average Bonchev–Trinajstić information content (AvgIpc) is 3.23. The normalized spacial score (nSPS) is 27.9. The Hall–Kier alpha value is -1.97. The van der Waals surface area contributed by atoms with Crippen molar-refractivity contribution in [3.63, 3.8) is 0 Å². The lowest BCUT2D eigenvalue weighted by atomic mass is 9.85. The molecule has 4 rings (SSSR count). The zero-order valence-electron chi connectivity index (χ0n) is 17.8. The predicted octanol–water partition coefficient (Wildman–Crippen LogP) is 0.692. The van der Waals surface area contributed by atoms with Gasteiger partial charge in [-0.3, -0.25) is 9.88 Å². The molecule has 1 aromatic rings. The van der Waals surface area contributed by atoms with Gasteiger partial charge in [0.05, 0.1) is 0 Å². The zero-order chi connectivity index (χ0) is 20.9. The van der Waals surface area contributed by atoms with Gasteiger partial charge < -0.3 is 20.9 Å². The number of carbonyl (C=O) groups is 1. The Labute approximate surface area is 178 Å². The molecule has 166 valence electrons. The monoisotopic (exact) mass is 417 g/mol. The van der Waals surface area contributed by atoms with Gasteiger partial charge in [0.1, 0.15) is 5.82 Å². The summed E-state index contributed by atoms with van der Waals surface area (Å²) in [6.45, 7) is 7.17. The summed E-state index contributed by atoms with van der Waals surface area (Å²) in [5.41, 5.74) is 5.53. The number of nitrogens with one attached hydrogen (secondary N) is 2. The molecule has 3 fully saturated rings. The Morgan fingerprint density at radius 3 is 2.57 bits per heavy atom. The number of anilines is 1. The van der Waals surface area contributed by atoms with Crippen molar-refractivity contribution in [1.29, 1.82) is 0 Å². The Bertz CT molecular complexity index is 769. The number of urea groups is 1. The molecule has 4 N–H and O–H groups in total. The van der Waals surface area contributed by atoms with Crippen molar-refractivity contribution in [2.45, 2.75) is 38.1 Å². The van der Waals surface area contributed by atoms with Crippen LogP contribution in [-0.4, -0.2) is 77.7 Å². The fourth-order valence-electron chi connectivity index (χ4n) is 5.06. The second-order valence-corrected chi connectivity index (χ2v) is 8.99. The van der Waals surface area contributed by atoms with E-state index >= 15 is 0 Å². The number of hydrogen-bond acceptors (Lipinski definition) is 6. The van der Waals surface area contributed by atoms with Crippen molar-refractivity contribution >= 4 is 11.8 Å². The molecular weight excluding hydrogens is 382 g/mol. The summed E-state index contributed by atoms with van der Waals surface area (Å²) in [6.07, 6.45) is 7.31. The Kier molecular flexibility index (Phi) is 7.01. The van der Waals surface area contributed by atoms with E-state index < -0.39 is 0 Å². The standard InChI is InChI=1S/C21H35N7O2/c22-13-17-5-9-26(15-17)14-16-1-3-18(4-2-16)28-10-6-19(25-21(28)30)24-20(29)27-11-7-23-8-12-27/h6,10,16-18,23H,1-5,7-9,11-15,22H2,(H,24,25,29,30). The van der Waals surface area contributed by atoms with Crippen LogP contribution in [0.2, 0.25) is 0 Å². The molecule has 1 aliphatic carbocycles. The number of carbonyl (C=O) groups excluding carboxylic acids is 1. The van der Waals surface area contributed by atoms with Crippen LogP contribution in [0.15, 0.2) is 17.1 Å². The average molecular weight is 418 g/mol. The number of hydrogen-bond donors (Lipinski definition) is 3. The number of nitrogens with zero attached hydrogens (tertiary/aromatic N) is 4. The highest BCUT2D eigenvalue weighted by Crippen LogP contribution is 2.32. The number of nitrogens with two attached hydrogens (primary N) is 1. The van der Waals surface area contributed by atoms with Gasteiger partial charge in [-0.2, -0.15) is 4.98 Å². The van der Waals surface area contributed by atoms with Crippen molar-refractivity contribution < 1.29 is 4.79 Å². The first-order valence-electron chi connectivity index (χ1n) is 11.4. The van der Waals surface area contributed by atoms with Gasteiger partial charge >= 0.3 is 11.7 Å². The van der Waals surface area contributed by atoms with Crippen molar-refractivity contribution in [3.05, 3.63) is 22.7 Å². The molecule has 1 saturated carbocycles. The van der Waals surface area contributed by atoms with E-state index in [9.17, 15) is 9.59 Å². The van der Waals surface area contributed by atoms with Gasteiger partial charge in [0.2, 0.25) is 0 Å². The maximum absolute atomic E-state index is 12.6. The van der Waals surface area contributed by atoms with E-state index in [1.807, 2.05) is 0 Å². The van der Waals surface area contributed by atoms with Gasteiger partial charge in [0.25, 0.3) is 0 Å². The number of rotatable bonds is 5. The molecule has 30 heavy (non-hydrogen) atoms. The summed E-state index contributed by atoms with van der Waals surface area (Å²) in [6, 6.07) is 1.75. The molecule has 3 heterocycles. The van der Waals surface area contributed by atoms with E-state index in [1.165, 1.54) is 13.0 Å². The van der Waals surface area contributed by atoms with Gasteiger partial charge in [-0.1, -0.05) is 0 Å². The minimum atomic E-state index is -0.276. The highest BCUT2D eigenvalue weighted by atomic mass is 16.2. The van der Waals surface area contributed by atoms with Crippen LogP contribution in [-0.2, 0) is 0 Å². The predicted molar refractivity (Wildman–Crippen MR) is 117 cm³/mol. The van der Waals surface area contributed by atoms with Crippen LogP contribution in [0.5, 0.6) is 0 Å². The third-order valence-electron chi connectivity index (χ3n) is 6.90. The Morgan fingerprint density at radius 1 is 1.13 bits per heavy atom. The van der Waals surface area contributed by atoms with E-state index in [1.54, 1.807) is 21.7 Å². The maximum Gasteiger partial charge on any atom is 0.349 e. The van der Waals surface area contributed by atoms with Crippen molar-refractivity contribution in [2.24, 2.45) is 17.6 Å². The summed E-state index contributed by atoms with van der Waals surface area (Å²) in [7, 11) is 0. The smallest absolute Gasteiger partial charge is 0.330 e. The minimum absolute atomic E-state index is 0.194. The zero-order valence-corrected chi connectivity index (χ0v) is 17.8. The van der Waals surface area contributed by atoms with Crippen LogP contribution in [0.1, 0.15) is 38.1 Å². The first kappa shape index (κ1) is 21.3. The van der Waals surface area contributed by atoms with Crippen molar-refractivity contribution in [3.8, 4) is 0 Å². The Balaban J connectivity index is 1.27. The van der Waals surface area contributed by atoms with Crippen LogP contribution in [0.4, 0.5) is 10.6 Å². The molecule has 9 nitrogen and oxygen atoms in total. The third-order valence-corrected chi connectivity index (χ3v) is 6.90. The SMILES string of the molecule is NCC1CCN(CC2CCC(n3ccc(NC(=O)N4CCNCC4)nc3=O)CC2)C1. The quantitative estimate of drug-likeness (QED) is 0.651. The summed E-state index contributed by atoms with van der Waals surface area (Å²) in [5.74, 6) is 1.70. The van der Waals surface area contributed by atoms with E-state index in [2.05, 4.69) is 20.5 Å². The Morgan fingerprint density at radius 2 is 1.90 bits per heavy atom. The van der Waals surface area contributed by atoms with Gasteiger partial charge in [0, 0.05) is 51.5 Å². The van der Waals surface area contributed by atoms with Crippen LogP contribution in [0.25, 0.3) is 0 Å². The number of likely N-dealkylation sites (tertiary alicyclic amines) is 1. The number of amides is 2. The number of piperazine rings is 1. The number of aromatic nitrogens is 2. The lowest BCUT2D eigenvalue weighted by Gasteiger charge is -2.32.